The molecule has 8 heteroatoms. The van der Waals surface area contributed by atoms with Crippen molar-refractivity contribution in [2.24, 2.45) is 0 Å². The van der Waals surface area contributed by atoms with Crippen LogP contribution >= 0.6 is 22.7 Å². The standard InChI is InChI=1S/C23H16FN3O2S2/c1-29-18-4-2-3-15(9-18)21-26-17(11-30-21)10-27-13-25-22-20(23(27)28)19(12-31-22)14-5-7-16(24)8-6-14/h2-9,11-13H,10H2,1H3. The lowest BCUT2D eigenvalue weighted by molar-refractivity contribution is 0.415. The summed E-state index contributed by atoms with van der Waals surface area (Å²) in [4.78, 5) is 23.0. The minimum absolute atomic E-state index is 0.137. The first-order chi connectivity index (χ1) is 15.1. The van der Waals surface area contributed by atoms with E-state index in [1.54, 1.807) is 30.1 Å². The molecule has 2 aromatic carbocycles. The number of benzene rings is 2. The van der Waals surface area contributed by atoms with Gasteiger partial charge in [0.15, 0.2) is 0 Å². The van der Waals surface area contributed by atoms with E-state index < -0.39 is 0 Å². The zero-order valence-electron chi connectivity index (χ0n) is 16.4. The number of aromatic nitrogens is 3. The maximum Gasteiger partial charge on any atom is 0.263 e. The largest absolute Gasteiger partial charge is 0.497 e. The molecule has 0 aliphatic carbocycles. The van der Waals surface area contributed by atoms with Crippen molar-refractivity contribution in [3.63, 3.8) is 0 Å². The number of thiophene rings is 1. The van der Waals surface area contributed by atoms with Crippen LogP contribution in [0, 0.1) is 5.82 Å². The van der Waals surface area contributed by atoms with E-state index in [9.17, 15) is 9.18 Å². The van der Waals surface area contributed by atoms with Gasteiger partial charge in [-0.2, -0.15) is 0 Å². The summed E-state index contributed by atoms with van der Waals surface area (Å²) in [7, 11) is 1.63. The Kier molecular flexibility index (Phi) is 5.09. The zero-order valence-corrected chi connectivity index (χ0v) is 18.0. The van der Waals surface area contributed by atoms with Gasteiger partial charge < -0.3 is 4.74 Å². The van der Waals surface area contributed by atoms with Gasteiger partial charge in [-0.25, -0.2) is 14.4 Å². The summed E-state index contributed by atoms with van der Waals surface area (Å²) in [5.41, 5.74) is 3.17. The highest BCUT2D eigenvalue weighted by Crippen LogP contribution is 2.31. The normalized spacial score (nSPS) is 11.2. The molecular formula is C23H16FN3O2S2. The first kappa shape index (κ1) is 19.6. The fourth-order valence-corrected chi connectivity index (χ4v) is 5.08. The molecule has 0 fully saturated rings. The minimum Gasteiger partial charge on any atom is -0.497 e. The lowest BCUT2D eigenvalue weighted by Gasteiger charge is -2.05. The highest BCUT2D eigenvalue weighted by Gasteiger charge is 2.14. The monoisotopic (exact) mass is 449 g/mol. The van der Waals surface area contributed by atoms with Gasteiger partial charge in [0.2, 0.25) is 0 Å². The van der Waals surface area contributed by atoms with Crippen LogP contribution in [0.4, 0.5) is 4.39 Å². The van der Waals surface area contributed by atoms with Crippen LogP contribution in [0.25, 0.3) is 31.9 Å². The van der Waals surface area contributed by atoms with Crippen molar-refractivity contribution in [3.05, 3.63) is 87.5 Å². The first-order valence-electron chi connectivity index (χ1n) is 9.44. The minimum atomic E-state index is -0.311. The van der Waals surface area contributed by atoms with Gasteiger partial charge >= 0.3 is 0 Å². The van der Waals surface area contributed by atoms with Gasteiger partial charge in [0.1, 0.15) is 21.4 Å². The average molecular weight is 450 g/mol. The van der Waals surface area contributed by atoms with Gasteiger partial charge in [-0.1, -0.05) is 24.3 Å². The number of nitrogens with zero attached hydrogens (tertiary/aromatic N) is 3. The maximum absolute atomic E-state index is 13.3. The molecule has 0 unspecified atom stereocenters. The Labute approximate surface area is 185 Å². The number of methoxy groups -OCH3 is 1. The quantitative estimate of drug-likeness (QED) is 0.358. The fourth-order valence-electron chi connectivity index (χ4n) is 3.36. The van der Waals surface area contributed by atoms with E-state index in [1.807, 2.05) is 35.0 Å². The van der Waals surface area contributed by atoms with Crippen molar-refractivity contribution in [1.82, 2.24) is 14.5 Å². The molecule has 0 aliphatic heterocycles. The smallest absolute Gasteiger partial charge is 0.263 e. The Morgan fingerprint density at radius 1 is 1.06 bits per heavy atom. The third-order valence-corrected chi connectivity index (χ3v) is 6.74. The van der Waals surface area contributed by atoms with Gasteiger partial charge in [0.25, 0.3) is 5.56 Å². The van der Waals surface area contributed by atoms with Crippen LogP contribution in [-0.2, 0) is 6.54 Å². The predicted octanol–water partition coefficient (Wildman–Crippen LogP) is 5.44. The summed E-state index contributed by atoms with van der Waals surface area (Å²) in [5, 5.41) is 5.24. The van der Waals surface area contributed by atoms with Crippen LogP contribution in [-0.4, -0.2) is 21.6 Å². The molecular weight excluding hydrogens is 433 g/mol. The molecule has 0 aliphatic rings. The second-order valence-corrected chi connectivity index (χ2v) is 8.61. The summed E-state index contributed by atoms with van der Waals surface area (Å²) in [6, 6.07) is 13.9. The molecule has 0 spiro atoms. The van der Waals surface area contributed by atoms with Crippen LogP contribution in [0.1, 0.15) is 5.69 Å². The molecule has 0 amide bonds. The number of hydrogen-bond acceptors (Lipinski definition) is 6. The SMILES string of the molecule is COc1cccc(-c2nc(Cn3cnc4scc(-c5ccc(F)cc5)c4c3=O)cs2)c1. The van der Waals surface area contributed by atoms with E-state index >= 15 is 0 Å². The highest BCUT2D eigenvalue weighted by molar-refractivity contribution is 7.17. The summed E-state index contributed by atoms with van der Waals surface area (Å²) in [5.74, 6) is 0.458. The fraction of sp³-hybridized carbons (Fsp3) is 0.0870. The van der Waals surface area contributed by atoms with E-state index in [4.69, 9.17) is 4.74 Å². The Morgan fingerprint density at radius 3 is 2.71 bits per heavy atom. The Hall–Kier alpha value is -3.36. The molecule has 5 aromatic rings. The van der Waals surface area contributed by atoms with E-state index in [0.29, 0.717) is 16.8 Å². The number of halogens is 1. The van der Waals surface area contributed by atoms with Crippen LogP contribution in [0.3, 0.4) is 0 Å². The van der Waals surface area contributed by atoms with Crippen molar-refractivity contribution in [3.8, 4) is 27.4 Å². The highest BCUT2D eigenvalue weighted by atomic mass is 32.1. The van der Waals surface area contributed by atoms with Crippen LogP contribution in [0.2, 0.25) is 0 Å². The van der Waals surface area contributed by atoms with Gasteiger partial charge in [0, 0.05) is 21.9 Å². The Morgan fingerprint density at radius 2 is 1.90 bits per heavy atom. The molecule has 0 radical (unpaired) electrons. The first-order valence-corrected chi connectivity index (χ1v) is 11.2. The lowest BCUT2D eigenvalue weighted by atomic mass is 10.1. The average Bonchev–Trinajstić information content (AvgIpc) is 3.44. The molecule has 5 rings (SSSR count). The molecule has 154 valence electrons. The van der Waals surface area contributed by atoms with E-state index in [0.717, 1.165) is 33.1 Å². The van der Waals surface area contributed by atoms with Crippen LogP contribution in [0.15, 0.2) is 70.4 Å². The van der Waals surface area contributed by atoms with Crippen LogP contribution in [0.5, 0.6) is 5.75 Å². The van der Waals surface area contributed by atoms with Crippen molar-refractivity contribution in [2.75, 3.05) is 7.11 Å². The van der Waals surface area contributed by atoms with Crippen molar-refractivity contribution in [1.29, 1.82) is 0 Å². The lowest BCUT2D eigenvalue weighted by Crippen LogP contribution is -2.21. The number of thiazole rings is 1. The zero-order chi connectivity index (χ0) is 21.4. The number of fused-ring (bicyclic) bond motifs is 1. The van der Waals surface area contributed by atoms with Crippen molar-refractivity contribution in [2.45, 2.75) is 6.54 Å². The predicted molar refractivity (Wildman–Crippen MR) is 122 cm³/mol. The molecule has 0 atom stereocenters. The number of rotatable bonds is 5. The van der Waals surface area contributed by atoms with E-state index in [1.165, 1.54) is 34.8 Å². The van der Waals surface area contributed by atoms with Gasteiger partial charge in [-0.05, 0) is 29.8 Å². The van der Waals surface area contributed by atoms with Gasteiger partial charge in [0.05, 0.1) is 31.1 Å². The topological polar surface area (TPSA) is 57.0 Å². The molecule has 0 N–H and O–H groups in total. The van der Waals surface area contributed by atoms with Gasteiger partial charge in [-0.3, -0.25) is 9.36 Å². The van der Waals surface area contributed by atoms with Crippen molar-refractivity contribution < 1.29 is 9.13 Å². The summed E-state index contributed by atoms with van der Waals surface area (Å²) in [6.07, 6.45) is 1.56. The van der Waals surface area contributed by atoms with E-state index in [2.05, 4.69) is 9.97 Å². The second-order valence-electron chi connectivity index (χ2n) is 6.89. The van der Waals surface area contributed by atoms with Crippen molar-refractivity contribution >= 4 is 32.9 Å². The summed E-state index contributed by atoms with van der Waals surface area (Å²) < 4.78 is 20.2. The number of hydrogen-bond donors (Lipinski definition) is 0. The molecule has 0 saturated heterocycles. The molecule has 3 heterocycles. The second kappa shape index (κ2) is 8.05. The molecule has 5 nitrogen and oxygen atoms in total. The summed E-state index contributed by atoms with van der Waals surface area (Å²) in [6.45, 7) is 0.320. The Balaban J connectivity index is 1.49. The Bertz CT molecular complexity index is 1440. The summed E-state index contributed by atoms with van der Waals surface area (Å²) >= 11 is 2.92. The third-order valence-electron chi connectivity index (χ3n) is 4.92. The van der Waals surface area contributed by atoms with Crippen LogP contribution < -0.4 is 10.3 Å². The molecule has 3 aromatic heterocycles. The molecule has 0 bridgehead atoms. The maximum atomic E-state index is 13.3. The third kappa shape index (κ3) is 3.75. The van der Waals surface area contributed by atoms with E-state index in [-0.39, 0.29) is 11.4 Å². The number of ether oxygens (including phenoxy) is 1. The van der Waals surface area contributed by atoms with Gasteiger partial charge in [-0.15, -0.1) is 22.7 Å². The molecule has 0 saturated carbocycles. The molecule has 31 heavy (non-hydrogen) atoms.